The number of oxime groups is 1. The Labute approximate surface area is 97.3 Å². The van der Waals surface area contributed by atoms with Crippen molar-refractivity contribution in [1.82, 2.24) is 4.90 Å². The van der Waals surface area contributed by atoms with Crippen LogP contribution in [0.4, 0.5) is 0 Å². The van der Waals surface area contributed by atoms with Gasteiger partial charge in [-0.15, -0.1) is 0 Å². The molecule has 0 saturated heterocycles. The van der Waals surface area contributed by atoms with Crippen molar-refractivity contribution in [3.63, 3.8) is 0 Å². The Hall–Kier alpha value is -1.26. The van der Waals surface area contributed by atoms with Crippen molar-refractivity contribution in [3.8, 4) is 0 Å². The molecule has 0 radical (unpaired) electrons. The molecule has 1 amide bonds. The molecule has 0 spiro atoms. The molecule has 16 heavy (non-hydrogen) atoms. The van der Waals surface area contributed by atoms with Gasteiger partial charge in [-0.25, -0.2) is 0 Å². The van der Waals surface area contributed by atoms with Crippen LogP contribution in [0.3, 0.4) is 0 Å². The van der Waals surface area contributed by atoms with Gasteiger partial charge in [0.25, 0.3) is 0 Å². The predicted octanol–water partition coefficient (Wildman–Crippen LogP) is 1.26. The van der Waals surface area contributed by atoms with Crippen molar-refractivity contribution in [2.24, 2.45) is 22.2 Å². The van der Waals surface area contributed by atoms with Crippen LogP contribution in [0.15, 0.2) is 5.16 Å². The smallest absolute Gasteiger partial charge is 0.235 e. The van der Waals surface area contributed by atoms with E-state index in [9.17, 15) is 4.79 Å². The lowest BCUT2D eigenvalue weighted by molar-refractivity contribution is -0.137. The molecule has 0 unspecified atom stereocenters. The molecule has 0 bridgehead atoms. The number of hydrogen-bond acceptors (Lipinski definition) is 3. The van der Waals surface area contributed by atoms with Gasteiger partial charge >= 0.3 is 0 Å². The lowest BCUT2D eigenvalue weighted by Gasteiger charge is -2.31. The van der Waals surface area contributed by atoms with E-state index >= 15 is 0 Å². The zero-order valence-corrected chi connectivity index (χ0v) is 10.8. The molecule has 0 aliphatic carbocycles. The number of amidine groups is 1. The van der Waals surface area contributed by atoms with Gasteiger partial charge in [0.2, 0.25) is 5.91 Å². The summed E-state index contributed by atoms with van der Waals surface area (Å²) >= 11 is 0. The fourth-order valence-corrected chi connectivity index (χ4v) is 1.43. The first-order valence-corrected chi connectivity index (χ1v) is 5.54. The first-order valence-electron chi connectivity index (χ1n) is 5.54. The Balaban J connectivity index is 4.87. The third-order valence-corrected chi connectivity index (χ3v) is 2.54. The van der Waals surface area contributed by atoms with Gasteiger partial charge in [-0.05, 0) is 26.7 Å². The minimum Gasteiger partial charge on any atom is -0.409 e. The summed E-state index contributed by atoms with van der Waals surface area (Å²) in [4.78, 5) is 13.9. The Kier molecular flexibility index (Phi) is 5.27. The number of nitrogens with two attached hydrogens (primary N) is 1. The number of carbonyl (C=O) groups excluding carboxylic acids is 1. The van der Waals surface area contributed by atoms with Crippen LogP contribution in [0.1, 0.15) is 34.6 Å². The lowest BCUT2D eigenvalue weighted by atomic mass is 9.90. The minimum absolute atomic E-state index is 0.0558. The summed E-state index contributed by atoms with van der Waals surface area (Å²) in [7, 11) is 0. The molecule has 0 aliphatic heterocycles. The van der Waals surface area contributed by atoms with Gasteiger partial charge in [0.05, 0.1) is 0 Å². The second-order valence-electron chi connectivity index (χ2n) is 4.85. The van der Waals surface area contributed by atoms with E-state index in [1.54, 1.807) is 18.7 Å². The van der Waals surface area contributed by atoms with Crippen molar-refractivity contribution >= 4 is 11.7 Å². The van der Waals surface area contributed by atoms with Crippen LogP contribution in [0.5, 0.6) is 0 Å². The average molecular weight is 229 g/mol. The molecule has 0 aromatic heterocycles. The van der Waals surface area contributed by atoms with E-state index in [1.807, 2.05) is 20.8 Å². The van der Waals surface area contributed by atoms with E-state index in [4.69, 9.17) is 10.9 Å². The number of carbonyl (C=O) groups is 1. The molecule has 5 heteroatoms. The van der Waals surface area contributed by atoms with Crippen LogP contribution >= 0.6 is 0 Å². The molecular formula is C11H23N3O2. The lowest BCUT2D eigenvalue weighted by Crippen LogP contribution is -2.48. The van der Waals surface area contributed by atoms with E-state index in [0.717, 1.165) is 0 Å². The highest BCUT2D eigenvalue weighted by Gasteiger charge is 2.36. The van der Waals surface area contributed by atoms with Gasteiger partial charge in [0, 0.05) is 13.1 Å². The van der Waals surface area contributed by atoms with Crippen LogP contribution in [-0.2, 0) is 4.79 Å². The average Bonchev–Trinajstić information content (AvgIpc) is 2.23. The summed E-state index contributed by atoms with van der Waals surface area (Å²) in [5.41, 5.74) is 4.57. The van der Waals surface area contributed by atoms with Crippen LogP contribution in [0.2, 0.25) is 0 Å². The van der Waals surface area contributed by atoms with Crippen LogP contribution in [-0.4, -0.2) is 34.9 Å². The zero-order chi connectivity index (χ0) is 12.9. The highest BCUT2D eigenvalue weighted by Crippen LogP contribution is 2.19. The summed E-state index contributed by atoms with van der Waals surface area (Å²) in [5, 5.41) is 11.6. The van der Waals surface area contributed by atoms with E-state index in [0.29, 0.717) is 19.0 Å². The SMILES string of the molecule is CCN(CC(C)C)C(=O)C(C)(C)C(N)=NO. The third-order valence-electron chi connectivity index (χ3n) is 2.54. The highest BCUT2D eigenvalue weighted by molar-refractivity contribution is 6.05. The van der Waals surface area contributed by atoms with Gasteiger partial charge in [-0.2, -0.15) is 0 Å². The van der Waals surface area contributed by atoms with Gasteiger partial charge in [0.1, 0.15) is 5.41 Å². The van der Waals surface area contributed by atoms with Gasteiger partial charge in [-0.1, -0.05) is 19.0 Å². The second-order valence-corrected chi connectivity index (χ2v) is 4.85. The maximum absolute atomic E-state index is 12.2. The van der Waals surface area contributed by atoms with Gasteiger partial charge < -0.3 is 15.8 Å². The summed E-state index contributed by atoms with van der Waals surface area (Å²) in [6, 6.07) is 0. The Morgan fingerprint density at radius 2 is 2.00 bits per heavy atom. The first-order chi connectivity index (χ1) is 7.27. The summed E-state index contributed by atoms with van der Waals surface area (Å²) < 4.78 is 0. The summed E-state index contributed by atoms with van der Waals surface area (Å²) in [5.74, 6) is 0.227. The van der Waals surface area contributed by atoms with Crippen molar-refractivity contribution in [3.05, 3.63) is 0 Å². The molecule has 0 aliphatic rings. The number of amides is 1. The molecule has 0 saturated carbocycles. The Bertz CT molecular complexity index is 272. The molecule has 0 fully saturated rings. The van der Waals surface area contributed by atoms with E-state index in [2.05, 4.69) is 5.16 Å². The second kappa shape index (κ2) is 5.72. The summed E-state index contributed by atoms with van der Waals surface area (Å²) in [6.07, 6.45) is 0. The summed E-state index contributed by atoms with van der Waals surface area (Å²) in [6.45, 7) is 10.6. The van der Waals surface area contributed by atoms with Crippen molar-refractivity contribution in [2.75, 3.05) is 13.1 Å². The van der Waals surface area contributed by atoms with Gasteiger partial charge in [-0.3, -0.25) is 4.79 Å². The van der Waals surface area contributed by atoms with E-state index in [1.165, 1.54) is 0 Å². The molecule has 0 aromatic carbocycles. The van der Waals surface area contributed by atoms with E-state index in [-0.39, 0.29) is 11.7 Å². The zero-order valence-electron chi connectivity index (χ0n) is 10.8. The largest absolute Gasteiger partial charge is 0.409 e. The Morgan fingerprint density at radius 3 is 2.31 bits per heavy atom. The Morgan fingerprint density at radius 1 is 1.50 bits per heavy atom. The third kappa shape index (κ3) is 3.40. The quantitative estimate of drug-likeness (QED) is 0.322. The molecule has 0 aromatic rings. The fraction of sp³-hybridized carbons (Fsp3) is 0.818. The normalized spacial score (nSPS) is 13.0. The number of hydrogen-bond donors (Lipinski definition) is 2. The molecule has 0 heterocycles. The first kappa shape index (κ1) is 14.7. The van der Waals surface area contributed by atoms with Gasteiger partial charge in [0.15, 0.2) is 5.84 Å². The fourth-order valence-electron chi connectivity index (χ4n) is 1.43. The van der Waals surface area contributed by atoms with Crippen molar-refractivity contribution in [1.29, 1.82) is 0 Å². The molecule has 5 nitrogen and oxygen atoms in total. The minimum atomic E-state index is -0.959. The molecule has 0 rings (SSSR count). The van der Waals surface area contributed by atoms with Crippen molar-refractivity contribution < 1.29 is 10.0 Å². The number of rotatable bonds is 5. The molecule has 0 atom stereocenters. The molecule has 94 valence electrons. The standard InChI is InChI=1S/C11H23N3O2/c1-6-14(7-8(2)3)10(15)11(4,5)9(12)13-16/h8,16H,6-7H2,1-5H3,(H2,12,13). The van der Waals surface area contributed by atoms with Crippen LogP contribution in [0, 0.1) is 11.3 Å². The van der Waals surface area contributed by atoms with Crippen LogP contribution < -0.4 is 5.73 Å². The molecular weight excluding hydrogens is 206 g/mol. The maximum atomic E-state index is 12.2. The molecule has 3 N–H and O–H groups in total. The highest BCUT2D eigenvalue weighted by atomic mass is 16.4. The van der Waals surface area contributed by atoms with E-state index < -0.39 is 5.41 Å². The maximum Gasteiger partial charge on any atom is 0.235 e. The topological polar surface area (TPSA) is 78.9 Å². The number of nitrogens with zero attached hydrogens (tertiary/aromatic N) is 2. The monoisotopic (exact) mass is 229 g/mol. The predicted molar refractivity (Wildman–Crippen MR) is 64.3 cm³/mol. The van der Waals surface area contributed by atoms with Crippen molar-refractivity contribution in [2.45, 2.75) is 34.6 Å². The van der Waals surface area contributed by atoms with Crippen LogP contribution in [0.25, 0.3) is 0 Å².